The van der Waals surface area contributed by atoms with Gasteiger partial charge in [0.15, 0.2) is 11.6 Å². The molecule has 1 atom stereocenters. The predicted octanol–water partition coefficient (Wildman–Crippen LogP) is 0.673. The molecule has 1 aromatic carbocycles. The van der Waals surface area contributed by atoms with E-state index in [1.165, 1.54) is 7.11 Å². The van der Waals surface area contributed by atoms with Crippen LogP contribution in [0.3, 0.4) is 0 Å². The molecule has 21 heavy (non-hydrogen) atoms. The molecule has 0 aliphatic rings. The smallest absolute Gasteiger partial charge is 0.338 e. The first-order valence-corrected chi connectivity index (χ1v) is 7.35. The fourth-order valence-corrected chi connectivity index (χ4v) is 2.35. The van der Waals surface area contributed by atoms with Crippen LogP contribution in [0, 0.1) is 5.82 Å². The van der Waals surface area contributed by atoms with Crippen molar-refractivity contribution in [2.75, 3.05) is 20.8 Å². The van der Waals surface area contributed by atoms with Crippen molar-refractivity contribution in [2.24, 2.45) is 5.14 Å². The number of halogens is 1. The van der Waals surface area contributed by atoms with Gasteiger partial charge in [0.05, 0.1) is 19.3 Å². The van der Waals surface area contributed by atoms with E-state index in [0.29, 0.717) is 0 Å². The second-order valence-corrected chi connectivity index (χ2v) is 5.74. The molecule has 0 aliphatic carbocycles. The van der Waals surface area contributed by atoms with Gasteiger partial charge in [-0.15, -0.1) is 0 Å². The van der Waals surface area contributed by atoms with E-state index in [1.807, 2.05) is 0 Å². The second-order valence-electron chi connectivity index (χ2n) is 4.21. The van der Waals surface area contributed by atoms with Gasteiger partial charge in [0.1, 0.15) is 11.0 Å². The molecule has 0 fully saturated rings. The molecule has 1 unspecified atom stereocenters. The van der Waals surface area contributed by atoms with Crippen LogP contribution in [0.25, 0.3) is 0 Å². The van der Waals surface area contributed by atoms with Gasteiger partial charge in [-0.1, -0.05) is 0 Å². The Morgan fingerprint density at radius 3 is 2.48 bits per heavy atom. The summed E-state index contributed by atoms with van der Waals surface area (Å²) < 4.78 is 51.1. The second kappa shape index (κ2) is 6.83. The quantitative estimate of drug-likeness (QED) is 0.772. The van der Waals surface area contributed by atoms with Crippen molar-refractivity contribution < 1.29 is 31.8 Å². The normalized spacial score (nSPS) is 12.8. The number of nitrogens with two attached hydrogens (primary N) is 1. The largest absolute Gasteiger partial charge is 0.492 e. The van der Waals surface area contributed by atoms with Gasteiger partial charge in [0.25, 0.3) is 0 Å². The van der Waals surface area contributed by atoms with Crippen molar-refractivity contribution in [3.05, 3.63) is 23.5 Å². The number of carbonyl (C=O) groups is 1. The Morgan fingerprint density at radius 1 is 1.38 bits per heavy atom. The maximum atomic E-state index is 13.8. The number of benzene rings is 1. The van der Waals surface area contributed by atoms with E-state index in [0.717, 1.165) is 19.2 Å². The fraction of sp³-hybridized carbons (Fsp3) is 0.417. The molecule has 1 aromatic rings. The number of primary sulfonamides is 1. The minimum Gasteiger partial charge on any atom is -0.492 e. The third-order valence-electron chi connectivity index (χ3n) is 2.47. The number of esters is 1. The van der Waals surface area contributed by atoms with Gasteiger partial charge >= 0.3 is 5.97 Å². The van der Waals surface area contributed by atoms with Crippen molar-refractivity contribution >= 4 is 16.0 Å². The lowest BCUT2D eigenvalue weighted by Crippen LogP contribution is -2.21. The van der Waals surface area contributed by atoms with Crippen LogP contribution in [0.5, 0.6) is 5.75 Å². The van der Waals surface area contributed by atoms with E-state index < -0.39 is 38.6 Å². The number of ether oxygens (including phenoxy) is 3. The van der Waals surface area contributed by atoms with Crippen LogP contribution < -0.4 is 9.88 Å². The average molecular weight is 321 g/mol. The van der Waals surface area contributed by atoms with Crippen molar-refractivity contribution in [1.29, 1.82) is 0 Å². The molecule has 1 rings (SSSR count). The molecular formula is C12H16FNO6S. The highest BCUT2D eigenvalue weighted by atomic mass is 32.2. The number of hydrogen-bond donors (Lipinski definition) is 1. The molecule has 0 saturated carbocycles. The van der Waals surface area contributed by atoms with Gasteiger partial charge in [-0.3, -0.25) is 0 Å². The van der Waals surface area contributed by atoms with Gasteiger partial charge in [-0.25, -0.2) is 22.7 Å². The highest BCUT2D eigenvalue weighted by Crippen LogP contribution is 2.28. The Bertz CT molecular complexity index is 631. The maximum Gasteiger partial charge on any atom is 0.338 e. The molecule has 118 valence electrons. The summed E-state index contributed by atoms with van der Waals surface area (Å²) in [4.78, 5) is 11.2. The van der Waals surface area contributed by atoms with Crippen molar-refractivity contribution in [2.45, 2.75) is 17.9 Å². The van der Waals surface area contributed by atoms with Gasteiger partial charge < -0.3 is 14.2 Å². The molecule has 0 heterocycles. The first-order chi connectivity index (χ1) is 9.70. The third kappa shape index (κ3) is 4.38. The standard InChI is InChI=1S/C12H16FNO6S/c1-7(6-18-2)20-12(15)8-4-9(13)11(19-3)10(5-8)21(14,16)17/h4-5,7H,6H2,1-3H3,(H2,14,16,17). The van der Waals surface area contributed by atoms with Gasteiger partial charge in [0.2, 0.25) is 10.0 Å². The van der Waals surface area contributed by atoms with Gasteiger partial charge in [-0.05, 0) is 19.1 Å². The average Bonchev–Trinajstić information content (AvgIpc) is 2.36. The molecule has 0 radical (unpaired) electrons. The lowest BCUT2D eigenvalue weighted by molar-refractivity contribution is 0.0119. The van der Waals surface area contributed by atoms with Crippen LogP contribution in [-0.2, 0) is 19.5 Å². The van der Waals surface area contributed by atoms with Gasteiger partial charge in [-0.2, -0.15) is 0 Å². The summed E-state index contributed by atoms with van der Waals surface area (Å²) in [5.41, 5.74) is -0.291. The monoisotopic (exact) mass is 321 g/mol. The van der Waals surface area contributed by atoms with Crippen LogP contribution >= 0.6 is 0 Å². The summed E-state index contributed by atoms with van der Waals surface area (Å²) in [6, 6.07) is 1.72. The van der Waals surface area contributed by atoms with Crippen molar-refractivity contribution in [3.63, 3.8) is 0 Å². The highest BCUT2D eigenvalue weighted by molar-refractivity contribution is 7.89. The van der Waals surface area contributed by atoms with E-state index in [9.17, 15) is 17.6 Å². The fourth-order valence-electron chi connectivity index (χ4n) is 1.61. The summed E-state index contributed by atoms with van der Waals surface area (Å²) >= 11 is 0. The summed E-state index contributed by atoms with van der Waals surface area (Å²) in [6.07, 6.45) is -0.578. The molecule has 0 amide bonds. The van der Waals surface area contributed by atoms with Crippen molar-refractivity contribution in [1.82, 2.24) is 0 Å². The Hall–Kier alpha value is -1.71. The lowest BCUT2D eigenvalue weighted by atomic mass is 10.2. The van der Waals surface area contributed by atoms with E-state index in [4.69, 9.17) is 14.6 Å². The van der Waals surface area contributed by atoms with Crippen LogP contribution in [-0.4, -0.2) is 41.3 Å². The molecule has 0 saturated heterocycles. The summed E-state index contributed by atoms with van der Waals surface area (Å²) in [5.74, 6) is -2.49. The molecule has 7 nitrogen and oxygen atoms in total. The Labute approximate surface area is 121 Å². The molecule has 0 aromatic heterocycles. The maximum absolute atomic E-state index is 13.8. The van der Waals surface area contributed by atoms with E-state index in [-0.39, 0.29) is 12.2 Å². The third-order valence-corrected chi connectivity index (χ3v) is 3.38. The number of methoxy groups -OCH3 is 2. The van der Waals surface area contributed by atoms with Crippen LogP contribution in [0.15, 0.2) is 17.0 Å². The van der Waals surface area contributed by atoms with Gasteiger partial charge in [0, 0.05) is 7.11 Å². The molecular weight excluding hydrogens is 305 g/mol. The SMILES string of the molecule is COCC(C)OC(=O)c1cc(F)c(OC)c(S(N)(=O)=O)c1. The first kappa shape index (κ1) is 17.3. The number of rotatable bonds is 6. The Morgan fingerprint density at radius 2 is 2.00 bits per heavy atom. The lowest BCUT2D eigenvalue weighted by Gasteiger charge is -2.14. The zero-order valence-corrected chi connectivity index (χ0v) is 12.6. The zero-order chi connectivity index (χ0) is 16.2. The molecule has 0 aliphatic heterocycles. The Kier molecular flexibility index (Phi) is 5.64. The number of carbonyl (C=O) groups excluding carboxylic acids is 1. The number of sulfonamides is 1. The zero-order valence-electron chi connectivity index (χ0n) is 11.8. The van der Waals surface area contributed by atoms with Crippen LogP contribution in [0.2, 0.25) is 0 Å². The number of hydrogen-bond acceptors (Lipinski definition) is 6. The topological polar surface area (TPSA) is 105 Å². The molecule has 0 bridgehead atoms. The molecule has 9 heteroatoms. The van der Waals surface area contributed by atoms with E-state index in [2.05, 4.69) is 4.74 Å². The first-order valence-electron chi connectivity index (χ1n) is 5.81. The highest BCUT2D eigenvalue weighted by Gasteiger charge is 2.23. The minimum atomic E-state index is -4.26. The summed E-state index contributed by atoms with van der Waals surface area (Å²) in [6.45, 7) is 1.72. The van der Waals surface area contributed by atoms with E-state index in [1.54, 1.807) is 6.92 Å². The molecule has 0 spiro atoms. The van der Waals surface area contributed by atoms with Crippen LogP contribution in [0.1, 0.15) is 17.3 Å². The van der Waals surface area contributed by atoms with Crippen molar-refractivity contribution in [3.8, 4) is 5.75 Å². The molecule has 2 N–H and O–H groups in total. The minimum absolute atomic E-state index is 0.145. The summed E-state index contributed by atoms with van der Waals surface area (Å²) in [7, 11) is -1.74. The van der Waals surface area contributed by atoms with E-state index >= 15 is 0 Å². The predicted molar refractivity (Wildman–Crippen MR) is 71.1 cm³/mol. The summed E-state index contributed by atoms with van der Waals surface area (Å²) in [5, 5.41) is 4.97. The van der Waals surface area contributed by atoms with Crippen LogP contribution in [0.4, 0.5) is 4.39 Å². The Balaban J connectivity index is 3.22.